The van der Waals surface area contributed by atoms with Gasteiger partial charge in [-0.3, -0.25) is 19.4 Å². The van der Waals surface area contributed by atoms with Crippen LogP contribution >= 0.6 is 0 Å². The van der Waals surface area contributed by atoms with Crippen molar-refractivity contribution in [2.45, 2.75) is 51.7 Å². The van der Waals surface area contributed by atoms with Gasteiger partial charge >= 0.3 is 13.1 Å². The van der Waals surface area contributed by atoms with Crippen LogP contribution in [0, 0.1) is 5.92 Å². The molecule has 1 aliphatic rings. The Bertz CT molecular complexity index is 928. The van der Waals surface area contributed by atoms with Crippen LogP contribution < -0.4 is 10.6 Å². The molecule has 1 aliphatic heterocycles. The molecular formula is C22H27BN4O5. The summed E-state index contributed by atoms with van der Waals surface area (Å²) < 4.78 is 10.9. The van der Waals surface area contributed by atoms with Crippen molar-refractivity contribution in [2.24, 2.45) is 5.92 Å². The van der Waals surface area contributed by atoms with Gasteiger partial charge in [-0.1, -0.05) is 44.2 Å². The highest BCUT2D eigenvalue weighted by Crippen LogP contribution is 2.18. The van der Waals surface area contributed by atoms with Gasteiger partial charge < -0.3 is 19.9 Å². The number of hydrogen-bond donors (Lipinski definition) is 2. The molecule has 2 amide bonds. The lowest BCUT2D eigenvalue weighted by atomic mass is 9.74. The van der Waals surface area contributed by atoms with Crippen molar-refractivity contribution in [2.75, 3.05) is 0 Å². The molecule has 0 saturated carbocycles. The van der Waals surface area contributed by atoms with Gasteiger partial charge in [0, 0.05) is 18.8 Å². The molecule has 1 saturated heterocycles. The first-order chi connectivity index (χ1) is 15.3. The molecule has 1 aromatic carbocycles. The van der Waals surface area contributed by atoms with E-state index in [4.69, 9.17) is 9.31 Å². The minimum atomic E-state index is -0.879. The van der Waals surface area contributed by atoms with E-state index >= 15 is 0 Å². The van der Waals surface area contributed by atoms with E-state index < -0.39 is 43.0 Å². The number of hydrogen-bond acceptors (Lipinski definition) is 7. The molecule has 0 radical (unpaired) electrons. The predicted molar refractivity (Wildman–Crippen MR) is 117 cm³/mol. The lowest BCUT2D eigenvalue weighted by molar-refractivity contribution is -0.135. The average Bonchev–Trinajstić information content (AvgIpc) is 3.12. The average molecular weight is 438 g/mol. The van der Waals surface area contributed by atoms with Crippen LogP contribution in [0.4, 0.5) is 0 Å². The van der Waals surface area contributed by atoms with Crippen LogP contribution in [-0.2, 0) is 25.3 Å². The third-order valence-corrected chi connectivity index (χ3v) is 4.98. The lowest BCUT2D eigenvalue weighted by Gasteiger charge is -2.25. The molecule has 3 atom stereocenters. The molecular weight excluding hydrogens is 411 g/mol. The second-order valence-corrected chi connectivity index (χ2v) is 8.13. The van der Waals surface area contributed by atoms with Crippen molar-refractivity contribution >= 4 is 24.9 Å². The maximum Gasteiger partial charge on any atom is 0.552 e. The summed E-state index contributed by atoms with van der Waals surface area (Å²) in [5.41, 5.74) is 0.989. The number of benzene rings is 1. The topological polar surface area (TPSA) is 120 Å². The van der Waals surface area contributed by atoms with Gasteiger partial charge in [-0.15, -0.1) is 0 Å². The maximum absolute atomic E-state index is 13.3. The van der Waals surface area contributed by atoms with Crippen molar-refractivity contribution in [3.63, 3.8) is 0 Å². The fourth-order valence-corrected chi connectivity index (χ4v) is 3.41. The van der Waals surface area contributed by atoms with Gasteiger partial charge in [0.1, 0.15) is 17.8 Å². The molecule has 10 heteroatoms. The molecule has 0 spiro atoms. The van der Waals surface area contributed by atoms with E-state index in [1.54, 1.807) is 6.92 Å². The Morgan fingerprint density at radius 1 is 1.16 bits per heavy atom. The number of nitrogens with one attached hydrogen (secondary N) is 2. The van der Waals surface area contributed by atoms with E-state index in [9.17, 15) is 14.4 Å². The molecule has 32 heavy (non-hydrogen) atoms. The van der Waals surface area contributed by atoms with E-state index in [2.05, 4.69) is 20.6 Å². The van der Waals surface area contributed by atoms with E-state index in [1.165, 1.54) is 18.6 Å². The summed E-state index contributed by atoms with van der Waals surface area (Å²) in [6.07, 6.45) is 4.32. The van der Waals surface area contributed by atoms with Crippen LogP contribution in [0.5, 0.6) is 0 Å². The van der Waals surface area contributed by atoms with Crippen LogP contribution in [0.1, 0.15) is 43.2 Å². The summed E-state index contributed by atoms with van der Waals surface area (Å²) in [4.78, 5) is 45.6. The van der Waals surface area contributed by atoms with Crippen molar-refractivity contribution < 1.29 is 23.7 Å². The Labute approximate surface area is 187 Å². The van der Waals surface area contributed by atoms with E-state index in [1.807, 2.05) is 44.2 Å². The quantitative estimate of drug-likeness (QED) is 0.567. The molecule has 9 nitrogen and oxygen atoms in total. The molecule has 1 aromatic heterocycles. The number of aromatic nitrogens is 2. The Hall–Kier alpha value is -3.27. The zero-order valence-electron chi connectivity index (χ0n) is 18.4. The second kappa shape index (κ2) is 10.9. The summed E-state index contributed by atoms with van der Waals surface area (Å²) >= 11 is 0. The summed E-state index contributed by atoms with van der Waals surface area (Å²) in [7, 11) is -0.878. The lowest BCUT2D eigenvalue weighted by Crippen LogP contribution is -2.55. The smallest absolute Gasteiger partial charge is 0.506 e. The molecule has 168 valence electrons. The fourth-order valence-electron chi connectivity index (χ4n) is 3.41. The van der Waals surface area contributed by atoms with Crippen LogP contribution in [0.3, 0.4) is 0 Å². The first kappa shape index (κ1) is 23.4. The zero-order valence-corrected chi connectivity index (χ0v) is 18.4. The van der Waals surface area contributed by atoms with Crippen LogP contribution in [-0.4, -0.2) is 53.0 Å². The highest BCUT2D eigenvalue weighted by molar-refractivity contribution is 6.51. The van der Waals surface area contributed by atoms with Crippen LogP contribution in [0.25, 0.3) is 0 Å². The molecule has 3 rings (SSSR count). The monoisotopic (exact) mass is 438 g/mol. The fraction of sp³-hybridized carbons (Fsp3) is 0.409. The normalized spacial score (nSPS) is 17.6. The Balaban J connectivity index is 1.77. The first-order valence-corrected chi connectivity index (χ1v) is 10.6. The van der Waals surface area contributed by atoms with Crippen molar-refractivity contribution in [3.05, 3.63) is 60.2 Å². The summed E-state index contributed by atoms with van der Waals surface area (Å²) in [5.74, 6) is -1.72. The highest BCUT2D eigenvalue weighted by atomic mass is 16.7. The molecule has 2 aromatic rings. The van der Waals surface area contributed by atoms with E-state index in [0.717, 1.165) is 5.56 Å². The molecule has 2 N–H and O–H groups in total. The van der Waals surface area contributed by atoms with Crippen LogP contribution in [0.2, 0.25) is 0 Å². The summed E-state index contributed by atoms with van der Waals surface area (Å²) in [5, 5.41) is 5.66. The van der Waals surface area contributed by atoms with Gasteiger partial charge in [-0.05, 0) is 24.8 Å². The molecule has 0 bridgehead atoms. The Morgan fingerprint density at radius 2 is 1.91 bits per heavy atom. The maximum atomic E-state index is 13.3. The van der Waals surface area contributed by atoms with Crippen molar-refractivity contribution in [1.29, 1.82) is 0 Å². The minimum absolute atomic E-state index is 0.110. The third-order valence-electron chi connectivity index (χ3n) is 4.98. The van der Waals surface area contributed by atoms with Gasteiger partial charge in [0.25, 0.3) is 5.91 Å². The van der Waals surface area contributed by atoms with Crippen molar-refractivity contribution in [1.82, 2.24) is 20.6 Å². The SMILES string of the molecule is CC(C)C[C@H](NC(=O)[C@H](Cc1ccccc1)NC(=O)c1cnccn1)B1OC(=O)[C@@H](C)O1. The number of carbonyl (C=O) groups excluding carboxylic acids is 3. The molecule has 0 aliphatic carbocycles. The minimum Gasteiger partial charge on any atom is -0.506 e. The summed E-state index contributed by atoms with van der Waals surface area (Å²) in [6, 6.07) is 8.49. The zero-order chi connectivity index (χ0) is 23.1. The van der Waals surface area contributed by atoms with Crippen LogP contribution in [0.15, 0.2) is 48.9 Å². The molecule has 0 unspecified atom stereocenters. The van der Waals surface area contributed by atoms with E-state index in [-0.39, 0.29) is 18.0 Å². The first-order valence-electron chi connectivity index (χ1n) is 10.6. The number of amides is 2. The van der Waals surface area contributed by atoms with Gasteiger partial charge in [-0.2, -0.15) is 0 Å². The largest absolute Gasteiger partial charge is 0.552 e. The highest BCUT2D eigenvalue weighted by Gasteiger charge is 2.44. The standard InChI is InChI=1S/C22H27BN4O5/c1-14(2)11-19(23-31-15(3)22(30)32-23)27-20(28)17(12-16-7-5-4-6-8-16)26-21(29)18-13-24-9-10-25-18/h4-10,13-15,17,19H,11-12H2,1-3H3,(H,26,29)(H,27,28)/t15-,17+,19+/m1/s1. The Kier molecular flexibility index (Phi) is 7.94. The molecule has 2 heterocycles. The van der Waals surface area contributed by atoms with Crippen molar-refractivity contribution in [3.8, 4) is 0 Å². The third kappa shape index (κ3) is 6.37. The van der Waals surface area contributed by atoms with Gasteiger partial charge in [0.05, 0.1) is 12.1 Å². The van der Waals surface area contributed by atoms with Gasteiger partial charge in [0.15, 0.2) is 0 Å². The Morgan fingerprint density at radius 3 is 2.50 bits per heavy atom. The van der Waals surface area contributed by atoms with Gasteiger partial charge in [0.2, 0.25) is 5.91 Å². The second-order valence-electron chi connectivity index (χ2n) is 8.13. The summed E-state index contributed by atoms with van der Waals surface area (Å²) in [6.45, 7) is 5.60. The van der Waals surface area contributed by atoms with E-state index in [0.29, 0.717) is 6.42 Å². The van der Waals surface area contributed by atoms with Gasteiger partial charge in [-0.25, -0.2) is 4.98 Å². The predicted octanol–water partition coefficient (Wildman–Crippen LogP) is 1.34. The number of carbonyl (C=O) groups is 3. The molecule has 1 fully saturated rings. The number of nitrogens with zero attached hydrogens (tertiary/aromatic N) is 2. The number of rotatable bonds is 9.